The fourth-order valence-electron chi connectivity index (χ4n) is 4.06. The molecule has 1 heteroatoms. The van der Waals surface area contributed by atoms with Crippen molar-refractivity contribution in [3.8, 4) is 11.1 Å². The molecule has 0 unspecified atom stereocenters. The van der Waals surface area contributed by atoms with Gasteiger partial charge in [-0.05, 0) is 86.0 Å². The minimum atomic E-state index is 0.695. The number of benzene rings is 2. The van der Waals surface area contributed by atoms with Crippen molar-refractivity contribution in [1.29, 1.82) is 0 Å². The van der Waals surface area contributed by atoms with E-state index in [1.165, 1.54) is 47.9 Å². The topological polar surface area (TPSA) is 3.24 Å². The lowest BCUT2D eigenvalue weighted by Gasteiger charge is -2.25. The van der Waals surface area contributed by atoms with Crippen molar-refractivity contribution < 1.29 is 0 Å². The highest BCUT2D eigenvalue weighted by Crippen LogP contribution is 2.37. The molecule has 2 aromatic carbocycles. The average Bonchev–Trinajstić information content (AvgIpc) is 2.62. The summed E-state index contributed by atoms with van der Waals surface area (Å²) in [7, 11) is 4.34. The van der Waals surface area contributed by atoms with Gasteiger partial charge in [-0.25, -0.2) is 0 Å². The molecule has 0 N–H and O–H groups in total. The lowest BCUT2D eigenvalue weighted by molar-refractivity contribution is 0.434. The van der Waals surface area contributed by atoms with Crippen LogP contribution in [0.2, 0.25) is 0 Å². The van der Waals surface area contributed by atoms with Gasteiger partial charge in [-0.15, -0.1) is 0 Å². The van der Waals surface area contributed by atoms with E-state index in [1.54, 1.807) is 11.1 Å². The predicted octanol–water partition coefficient (Wildman–Crippen LogP) is 6.24. The highest BCUT2D eigenvalue weighted by molar-refractivity contribution is 5.82. The third-order valence-electron chi connectivity index (χ3n) is 5.16. The molecule has 3 rings (SSSR count). The zero-order chi connectivity index (χ0) is 18.5. The highest BCUT2D eigenvalue weighted by atomic mass is 15.0. The Labute approximate surface area is 159 Å². The molecule has 0 fully saturated rings. The van der Waals surface area contributed by atoms with Crippen molar-refractivity contribution in [1.82, 2.24) is 4.90 Å². The molecule has 0 heterocycles. The van der Waals surface area contributed by atoms with E-state index in [1.807, 2.05) is 0 Å². The fraction of sp³-hybridized carbons (Fsp3) is 0.440. The van der Waals surface area contributed by atoms with E-state index in [2.05, 4.69) is 81.4 Å². The second-order valence-corrected chi connectivity index (χ2v) is 8.28. The van der Waals surface area contributed by atoms with Gasteiger partial charge >= 0.3 is 0 Å². The SMILES string of the molecule is CC(C)Cc1ccc(-c2[c]cccc2C2=C(CN(C)C)CCCC2)cc1. The molecule has 1 aliphatic rings. The predicted molar refractivity (Wildman–Crippen MR) is 113 cm³/mol. The van der Waals surface area contributed by atoms with Crippen molar-refractivity contribution in [3.05, 3.63) is 65.2 Å². The number of nitrogens with zero attached hydrogens (tertiary/aromatic N) is 1. The summed E-state index contributed by atoms with van der Waals surface area (Å²) in [5, 5.41) is 0. The average molecular weight is 347 g/mol. The second kappa shape index (κ2) is 8.68. The highest BCUT2D eigenvalue weighted by Gasteiger charge is 2.18. The first kappa shape index (κ1) is 18.9. The van der Waals surface area contributed by atoms with Gasteiger partial charge in [-0.2, -0.15) is 0 Å². The Hall–Kier alpha value is -1.86. The third kappa shape index (κ3) is 4.65. The van der Waals surface area contributed by atoms with Crippen LogP contribution in [-0.2, 0) is 6.42 Å². The van der Waals surface area contributed by atoms with Crippen LogP contribution in [0.4, 0.5) is 0 Å². The van der Waals surface area contributed by atoms with Gasteiger partial charge in [-0.3, -0.25) is 0 Å². The lowest BCUT2D eigenvalue weighted by Crippen LogP contribution is -2.18. The van der Waals surface area contributed by atoms with E-state index >= 15 is 0 Å². The zero-order valence-electron chi connectivity index (χ0n) is 16.8. The van der Waals surface area contributed by atoms with Crippen molar-refractivity contribution in [2.75, 3.05) is 20.6 Å². The summed E-state index contributed by atoms with van der Waals surface area (Å²) in [6.07, 6.45) is 6.19. The number of hydrogen-bond donors (Lipinski definition) is 0. The summed E-state index contributed by atoms with van der Waals surface area (Å²) in [6, 6.07) is 19.2. The van der Waals surface area contributed by atoms with Crippen molar-refractivity contribution in [3.63, 3.8) is 0 Å². The minimum Gasteiger partial charge on any atom is -0.305 e. The van der Waals surface area contributed by atoms with Gasteiger partial charge in [-0.1, -0.05) is 61.9 Å². The molecule has 0 aromatic heterocycles. The van der Waals surface area contributed by atoms with E-state index in [0.29, 0.717) is 5.92 Å². The summed E-state index contributed by atoms with van der Waals surface area (Å²) in [5.74, 6) is 0.695. The van der Waals surface area contributed by atoms with Crippen LogP contribution in [0.25, 0.3) is 16.7 Å². The normalized spacial score (nSPS) is 15.2. The summed E-state index contributed by atoms with van der Waals surface area (Å²) >= 11 is 0. The maximum Gasteiger partial charge on any atom is 0.0192 e. The van der Waals surface area contributed by atoms with E-state index in [4.69, 9.17) is 0 Å². The molecule has 0 atom stereocenters. The maximum atomic E-state index is 3.54. The van der Waals surface area contributed by atoms with Crippen LogP contribution < -0.4 is 0 Å². The van der Waals surface area contributed by atoms with Crippen LogP contribution in [0.5, 0.6) is 0 Å². The lowest BCUT2D eigenvalue weighted by atomic mass is 9.83. The Morgan fingerprint density at radius 1 is 1.00 bits per heavy atom. The first-order valence-corrected chi connectivity index (χ1v) is 10.0. The summed E-state index contributed by atoms with van der Waals surface area (Å²) in [5.41, 5.74) is 8.53. The zero-order valence-corrected chi connectivity index (χ0v) is 16.8. The maximum absolute atomic E-state index is 3.54. The standard InChI is InChI=1S/C25H32N/c1-19(2)17-20-13-15-21(16-14-20)23-10-7-8-12-25(23)24-11-6-5-9-22(24)18-26(3)4/h7-8,12-16,19H,5-6,9,11,17-18H2,1-4H3. The summed E-state index contributed by atoms with van der Waals surface area (Å²) < 4.78 is 0. The number of hydrogen-bond acceptors (Lipinski definition) is 1. The Bertz CT molecular complexity index is 750. The van der Waals surface area contributed by atoms with Gasteiger partial charge in [0.2, 0.25) is 0 Å². The van der Waals surface area contributed by atoms with Gasteiger partial charge in [0.15, 0.2) is 0 Å². The van der Waals surface area contributed by atoms with E-state index in [-0.39, 0.29) is 0 Å². The van der Waals surface area contributed by atoms with Gasteiger partial charge < -0.3 is 4.90 Å². The first-order chi connectivity index (χ1) is 12.5. The van der Waals surface area contributed by atoms with Crippen molar-refractivity contribution in [2.24, 2.45) is 5.92 Å². The smallest absolute Gasteiger partial charge is 0.0192 e. The number of rotatable bonds is 6. The fourth-order valence-corrected chi connectivity index (χ4v) is 4.06. The molecule has 26 heavy (non-hydrogen) atoms. The molecule has 0 spiro atoms. The summed E-state index contributed by atoms with van der Waals surface area (Å²) in [6.45, 7) is 5.62. The monoisotopic (exact) mass is 346 g/mol. The molecule has 1 radical (unpaired) electrons. The molecule has 0 aliphatic heterocycles. The number of likely N-dealkylation sites (N-methyl/N-ethyl adjacent to an activating group) is 1. The molecule has 0 saturated carbocycles. The van der Waals surface area contributed by atoms with Crippen LogP contribution in [0.3, 0.4) is 0 Å². The molecule has 137 valence electrons. The van der Waals surface area contributed by atoms with Gasteiger partial charge in [0.1, 0.15) is 0 Å². The molecule has 0 saturated heterocycles. The first-order valence-electron chi connectivity index (χ1n) is 10.0. The Morgan fingerprint density at radius 2 is 1.73 bits per heavy atom. The largest absolute Gasteiger partial charge is 0.305 e. The van der Waals surface area contributed by atoms with E-state index in [9.17, 15) is 0 Å². The van der Waals surface area contributed by atoms with Crippen molar-refractivity contribution in [2.45, 2.75) is 46.0 Å². The van der Waals surface area contributed by atoms with Crippen LogP contribution in [0.1, 0.15) is 50.7 Å². The van der Waals surface area contributed by atoms with Crippen LogP contribution in [0, 0.1) is 12.0 Å². The van der Waals surface area contributed by atoms with Gasteiger partial charge in [0, 0.05) is 6.54 Å². The molecule has 2 aromatic rings. The Morgan fingerprint density at radius 3 is 2.42 bits per heavy atom. The second-order valence-electron chi connectivity index (χ2n) is 8.28. The van der Waals surface area contributed by atoms with Gasteiger partial charge in [0.25, 0.3) is 0 Å². The van der Waals surface area contributed by atoms with Crippen molar-refractivity contribution >= 4 is 5.57 Å². The number of allylic oxidation sites excluding steroid dienone is 1. The molecule has 0 bridgehead atoms. The Balaban J connectivity index is 1.99. The summed E-state index contributed by atoms with van der Waals surface area (Å²) in [4.78, 5) is 2.30. The molecular formula is C25H32N. The van der Waals surface area contributed by atoms with E-state index in [0.717, 1.165) is 13.0 Å². The molecule has 0 amide bonds. The van der Waals surface area contributed by atoms with Crippen LogP contribution in [0.15, 0.2) is 48.0 Å². The van der Waals surface area contributed by atoms with Crippen LogP contribution >= 0.6 is 0 Å². The van der Waals surface area contributed by atoms with Gasteiger partial charge in [0.05, 0.1) is 0 Å². The molecule has 1 nitrogen and oxygen atoms in total. The van der Waals surface area contributed by atoms with E-state index < -0.39 is 0 Å². The molecule has 1 aliphatic carbocycles. The Kier molecular flexibility index (Phi) is 6.32. The molecular weight excluding hydrogens is 314 g/mol. The quantitative estimate of drug-likeness (QED) is 0.598. The van der Waals surface area contributed by atoms with Crippen LogP contribution in [-0.4, -0.2) is 25.5 Å². The third-order valence-corrected chi connectivity index (χ3v) is 5.16. The minimum absolute atomic E-state index is 0.695.